The van der Waals surface area contributed by atoms with E-state index in [9.17, 15) is 18.8 Å². The van der Waals surface area contributed by atoms with Gasteiger partial charge in [-0.15, -0.1) is 0 Å². The minimum Gasteiger partial charge on any atom is -0.368 e. The van der Waals surface area contributed by atoms with Crippen LogP contribution in [-0.2, 0) is 9.59 Å². The zero-order valence-corrected chi connectivity index (χ0v) is 15.3. The lowest BCUT2D eigenvalue weighted by molar-refractivity contribution is -0.131. The van der Waals surface area contributed by atoms with Gasteiger partial charge in [0.1, 0.15) is 11.9 Å². The molecule has 0 aliphatic carbocycles. The zero-order valence-electron chi connectivity index (χ0n) is 15.3. The largest absolute Gasteiger partial charge is 0.368 e. The first kappa shape index (κ1) is 19.5. The van der Waals surface area contributed by atoms with Gasteiger partial charge in [0.25, 0.3) is 5.91 Å². The molecule has 146 valence electrons. The van der Waals surface area contributed by atoms with Crippen molar-refractivity contribution < 1.29 is 18.8 Å². The van der Waals surface area contributed by atoms with E-state index in [1.54, 1.807) is 29.2 Å². The van der Waals surface area contributed by atoms with Crippen LogP contribution in [0.2, 0.25) is 0 Å². The highest BCUT2D eigenvalue weighted by Gasteiger charge is 2.30. The third-order valence-corrected chi connectivity index (χ3v) is 4.95. The number of amides is 3. The number of nitrogens with two attached hydrogens (primary N) is 1. The lowest BCUT2D eigenvalue weighted by Crippen LogP contribution is -2.45. The van der Waals surface area contributed by atoms with Gasteiger partial charge >= 0.3 is 0 Å². The third kappa shape index (κ3) is 4.54. The SMILES string of the molecule is NC(=O)C(NC(=O)C1CCN(C(=O)c2ccc(F)cc2)CC1)c1ccccc1. The molecule has 28 heavy (non-hydrogen) atoms. The molecule has 1 atom stereocenters. The predicted octanol–water partition coefficient (Wildman–Crippen LogP) is 2.02. The van der Waals surface area contributed by atoms with Crippen LogP contribution >= 0.6 is 0 Å². The molecule has 1 aliphatic heterocycles. The van der Waals surface area contributed by atoms with Crippen LogP contribution in [0.15, 0.2) is 54.6 Å². The molecule has 1 aliphatic rings. The van der Waals surface area contributed by atoms with Crippen LogP contribution < -0.4 is 11.1 Å². The lowest BCUT2D eigenvalue weighted by Gasteiger charge is -2.32. The van der Waals surface area contributed by atoms with E-state index in [0.717, 1.165) is 0 Å². The first-order chi connectivity index (χ1) is 13.5. The molecule has 0 spiro atoms. The van der Waals surface area contributed by atoms with Crippen LogP contribution in [-0.4, -0.2) is 35.7 Å². The number of rotatable bonds is 5. The summed E-state index contributed by atoms with van der Waals surface area (Å²) in [6.07, 6.45) is 0.970. The first-order valence-electron chi connectivity index (χ1n) is 9.15. The Morgan fingerprint density at radius 3 is 2.18 bits per heavy atom. The summed E-state index contributed by atoms with van der Waals surface area (Å²) >= 11 is 0. The van der Waals surface area contributed by atoms with E-state index >= 15 is 0 Å². The van der Waals surface area contributed by atoms with Gasteiger partial charge in [-0.25, -0.2) is 4.39 Å². The van der Waals surface area contributed by atoms with Crippen LogP contribution in [0.5, 0.6) is 0 Å². The second-order valence-electron chi connectivity index (χ2n) is 6.83. The zero-order chi connectivity index (χ0) is 20.1. The number of carbonyl (C=O) groups is 3. The van der Waals surface area contributed by atoms with Crippen LogP contribution in [0.25, 0.3) is 0 Å². The van der Waals surface area contributed by atoms with E-state index < -0.39 is 17.8 Å². The van der Waals surface area contributed by atoms with Crippen LogP contribution in [0.1, 0.15) is 34.8 Å². The second-order valence-corrected chi connectivity index (χ2v) is 6.83. The Bertz CT molecular complexity index is 847. The molecule has 7 heteroatoms. The minimum absolute atomic E-state index is 0.182. The summed E-state index contributed by atoms with van der Waals surface area (Å²) in [6.45, 7) is 0.835. The van der Waals surface area contributed by atoms with Crippen molar-refractivity contribution in [3.05, 3.63) is 71.5 Å². The smallest absolute Gasteiger partial charge is 0.253 e. The molecule has 6 nitrogen and oxygen atoms in total. The van der Waals surface area contributed by atoms with Crippen molar-refractivity contribution >= 4 is 17.7 Å². The van der Waals surface area contributed by atoms with Gasteiger partial charge in [-0.1, -0.05) is 30.3 Å². The summed E-state index contributed by atoms with van der Waals surface area (Å²) in [6, 6.07) is 13.4. The molecule has 3 rings (SSSR count). The van der Waals surface area contributed by atoms with Gasteiger partial charge in [-0.05, 0) is 42.7 Å². The molecule has 2 aromatic rings. The Kier molecular flexibility index (Phi) is 6.03. The number of hydrogen-bond donors (Lipinski definition) is 2. The van der Waals surface area contributed by atoms with E-state index in [0.29, 0.717) is 37.1 Å². The Morgan fingerprint density at radius 1 is 1.00 bits per heavy atom. The highest BCUT2D eigenvalue weighted by Crippen LogP contribution is 2.21. The average Bonchev–Trinajstić information content (AvgIpc) is 2.72. The molecule has 3 N–H and O–H groups in total. The standard InChI is InChI=1S/C21H22FN3O3/c22-17-8-6-16(7-9-17)21(28)25-12-10-15(11-13-25)20(27)24-18(19(23)26)14-4-2-1-3-5-14/h1-9,15,18H,10-13H2,(H2,23,26)(H,24,27). The fraction of sp³-hybridized carbons (Fsp3) is 0.286. The van der Waals surface area contributed by atoms with Crippen LogP contribution in [0.4, 0.5) is 4.39 Å². The quantitative estimate of drug-likeness (QED) is 0.827. The Balaban J connectivity index is 1.58. The molecule has 1 fully saturated rings. The van der Waals surface area contributed by atoms with Crippen LogP contribution in [0, 0.1) is 11.7 Å². The fourth-order valence-electron chi connectivity index (χ4n) is 3.34. The van der Waals surface area contributed by atoms with Crippen molar-refractivity contribution in [3.63, 3.8) is 0 Å². The van der Waals surface area contributed by atoms with Gasteiger partial charge in [-0.3, -0.25) is 14.4 Å². The van der Waals surface area contributed by atoms with Crippen molar-refractivity contribution in [2.45, 2.75) is 18.9 Å². The first-order valence-corrected chi connectivity index (χ1v) is 9.15. The summed E-state index contributed by atoms with van der Waals surface area (Å²) in [7, 11) is 0. The highest BCUT2D eigenvalue weighted by molar-refractivity contribution is 5.94. The summed E-state index contributed by atoms with van der Waals surface area (Å²) < 4.78 is 13.0. The molecule has 0 saturated carbocycles. The van der Waals surface area contributed by atoms with Gasteiger partial charge in [-0.2, -0.15) is 0 Å². The number of benzene rings is 2. The van der Waals surface area contributed by atoms with Gasteiger partial charge in [0.15, 0.2) is 0 Å². The van der Waals surface area contributed by atoms with Gasteiger partial charge < -0.3 is 16.0 Å². The van der Waals surface area contributed by atoms with Crippen molar-refractivity contribution in [2.24, 2.45) is 11.7 Å². The maximum absolute atomic E-state index is 13.0. The fourth-order valence-corrected chi connectivity index (χ4v) is 3.34. The van der Waals surface area contributed by atoms with E-state index in [-0.39, 0.29) is 17.7 Å². The summed E-state index contributed by atoms with van der Waals surface area (Å²) in [4.78, 5) is 38.5. The van der Waals surface area contributed by atoms with Gasteiger partial charge in [0.05, 0.1) is 0 Å². The molecule has 1 heterocycles. The number of primary amides is 1. The van der Waals surface area contributed by atoms with Crippen molar-refractivity contribution in [1.82, 2.24) is 10.2 Å². The number of piperidine rings is 1. The maximum Gasteiger partial charge on any atom is 0.253 e. The Morgan fingerprint density at radius 2 is 1.61 bits per heavy atom. The molecule has 3 amide bonds. The molecule has 2 aromatic carbocycles. The predicted molar refractivity (Wildman–Crippen MR) is 102 cm³/mol. The number of halogens is 1. The summed E-state index contributed by atoms with van der Waals surface area (Å²) in [5.41, 5.74) is 6.50. The van der Waals surface area contributed by atoms with Crippen molar-refractivity contribution in [3.8, 4) is 0 Å². The Labute approximate surface area is 162 Å². The van der Waals surface area contributed by atoms with E-state index in [1.165, 1.54) is 24.3 Å². The van der Waals surface area contributed by atoms with Gasteiger partial charge in [0, 0.05) is 24.6 Å². The maximum atomic E-state index is 13.0. The molecule has 0 bridgehead atoms. The topological polar surface area (TPSA) is 92.5 Å². The number of likely N-dealkylation sites (tertiary alicyclic amines) is 1. The average molecular weight is 383 g/mol. The normalized spacial score (nSPS) is 15.7. The molecule has 1 saturated heterocycles. The monoisotopic (exact) mass is 383 g/mol. The lowest BCUT2D eigenvalue weighted by atomic mass is 9.94. The molecular weight excluding hydrogens is 361 g/mol. The molecule has 1 unspecified atom stereocenters. The van der Waals surface area contributed by atoms with Crippen molar-refractivity contribution in [1.29, 1.82) is 0 Å². The van der Waals surface area contributed by atoms with Crippen molar-refractivity contribution in [2.75, 3.05) is 13.1 Å². The molecule has 0 radical (unpaired) electrons. The highest BCUT2D eigenvalue weighted by atomic mass is 19.1. The van der Waals surface area contributed by atoms with Crippen LogP contribution in [0.3, 0.4) is 0 Å². The van der Waals surface area contributed by atoms with E-state index in [4.69, 9.17) is 5.73 Å². The number of nitrogens with one attached hydrogen (secondary N) is 1. The summed E-state index contributed by atoms with van der Waals surface area (Å²) in [5, 5.41) is 2.73. The Hall–Kier alpha value is -3.22. The second kappa shape index (κ2) is 8.65. The third-order valence-electron chi connectivity index (χ3n) is 4.95. The van der Waals surface area contributed by atoms with E-state index in [1.807, 2.05) is 6.07 Å². The summed E-state index contributed by atoms with van der Waals surface area (Å²) in [5.74, 6) is -1.75. The number of hydrogen-bond acceptors (Lipinski definition) is 3. The van der Waals surface area contributed by atoms with E-state index in [2.05, 4.69) is 5.32 Å². The number of nitrogens with zero attached hydrogens (tertiary/aromatic N) is 1. The van der Waals surface area contributed by atoms with Gasteiger partial charge in [0.2, 0.25) is 11.8 Å². The number of carbonyl (C=O) groups excluding carboxylic acids is 3. The minimum atomic E-state index is -0.882. The molecule has 0 aromatic heterocycles. The molecular formula is C21H22FN3O3.